The average molecular weight is 555 g/mol. The molecule has 0 spiro atoms. The largest absolute Gasteiger partial charge is 0.273 e. The lowest BCUT2D eigenvalue weighted by Gasteiger charge is -2.24. The number of carbonyl (C=O) groups excluding carboxylic acids is 4. The number of hydrogen-bond acceptors (Lipinski definition) is 6. The first kappa shape index (κ1) is 28.0. The number of amides is 4. The molecule has 0 saturated carbocycles. The van der Waals surface area contributed by atoms with Gasteiger partial charge in [0.25, 0.3) is 11.8 Å². The highest BCUT2D eigenvalue weighted by Gasteiger charge is 2.35. The van der Waals surface area contributed by atoms with Crippen LogP contribution in [-0.2, 0) is 19.2 Å². The predicted molar refractivity (Wildman–Crippen MR) is 150 cm³/mol. The fraction of sp³-hybridized carbons (Fsp3) is 0.429. The van der Waals surface area contributed by atoms with Gasteiger partial charge >= 0.3 is 0 Å². The Bertz CT molecular complexity index is 1020. The molecule has 2 saturated heterocycles. The molecule has 2 atom stereocenters. The average Bonchev–Trinajstić information content (AvgIpc) is 3.48. The molecule has 8 nitrogen and oxygen atoms in total. The smallest absolute Gasteiger partial charge is 0.252 e. The number of hydrogen-bond donors (Lipinski definition) is 2. The predicted octanol–water partition coefficient (Wildman–Crippen LogP) is 4.72. The Morgan fingerprint density at radius 1 is 0.632 bits per heavy atom. The third kappa shape index (κ3) is 7.77. The van der Waals surface area contributed by atoms with Crippen LogP contribution in [-0.4, -0.2) is 45.2 Å². The van der Waals surface area contributed by atoms with Crippen LogP contribution in [0.25, 0.3) is 0 Å². The van der Waals surface area contributed by atoms with Crippen LogP contribution >= 0.6 is 23.5 Å². The summed E-state index contributed by atoms with van der Waals surface area (Å²) in [6.45, 7) is 0. The Kier molecular flexibility index (Phi) is 10.5. The zero-order valence-corrected chi connectivity index (χ0v) is 23.0. The van der Waals surface area contributed by atoms with Gasteiger partial charge in [0.2, 0.25) is 11.8 Å². The van der Waals surface area contributed by atoms with Crippen LogP contribution in [0.5, 0.6) is 0 Å². The first-order chi connectivity index (χ1) is 18.5. The molecule has 4 amide bonds. The first-order valence-corrected chi connectivity index (χ1v) is 15.2. The summed E-state index contributed by atoms with van der Waals surface area (Å²) >= 11 is 3.03. The Hall–Kier alpha value is -2.98. The van der Waals surface area contributed by atoms with Crippen molar-refractivity contribution in [1.82, 2.24) is 20.9 Å². The maximum absolute atomic E-state index is 12.4. The number of unbranched alkanes of at least 4 members (excludes halogenated alkanes) is 5. The van der Waals surface area contributed by atoms with E-state index in [2.05, 4.69) is 10.9 Å². The molecule has 2 N–H and O–H groups in total. The fourth-order valence-corrected chi connectivity index (χ4v) is 6.69. The summed E-state index contributed by atoms with van der Waals surface area (Å²) in [5.41, 5.74) is 7.59. The fourth-order valence-electron chi connectivity index (χ4n) is 4.48. The number of hydrazine groups is 2. The molecular formula is C28H34N4O4S2. The summed E-state index contributed by atoms with van der Waals surface area (Å²) in [6, 6.07) is 19.4. The lowest BCUT2D eigenvalue weighted by atomic mass is 10.1. The van der Waals surface area contributed by atoms with Crippen molar-refractivity contribution in [3.63, 3.8) is 0 Å². The van der Waals surface area contributed by atoms with Crippen molar-refractivity contribution in [2.75, 3.05) is 11.5 Å². The van der Waals surface area contributed by atoms with Crippen molar-refractivity contribution in [3.8, 4) is 0 Å². The quantitative estimate of drug-likeness (QED) is 0.348. The van der Waals surface area contributed by atoms with Crippen LogP contribution in [0.1, 0.15) is 73.2 Å². The Morgan fingerprint density at radius 3 is 1.39 bits per heavy atom. The molecule has 0 bridgehead atoms. The van der Waals surface area contributed by atoms with Gasteiger partial charge in [-0.2, -0.15) is 0 Å². The molecule has 2 unspecified atom stereocenters. The second-order valence-electron chi connectivity index (χ2n) is 9.37. The van der Waals surface area contributed by atoms with Crippen LogP contribution in [0.4, 0.5) is 0 Å². The monoisotopic (exact) mass is 554 g/mol. The zero-order chi connectivity index (χ0) is 26.7. The Morgan fingerprint density at radius 2 is 1.00 bits per heavy atom. The van der Waals surface area contributed by atoms with Crippen LogP contribution in [0, 0.1) is 0 Å². The summed E-state index contributed by atoms with van der Waals surface area (Å²) in [5.74, 6) is 0.287. The second kappa shape index (κ2) is 14.2. The van der Waals surface area contributed by atoms with Gasteiger partial charge in [0.15, 0.2) is 0 Å². The molecule has 10 heteroatoms. The Labute approximate surface area is 232 Å². The van der Waals surface area contributed by atoms with Crippen LogP contribution in [0.15, 0.2) is 60.7 Å². The summed E-state index contributed by atoms with van der Waals surface area (Å²) in [4.78, 5) is 49.4. The number of thioether (sulfide) groups is 2. The SMILES string of the molecule is O=C(CCCCCCCCC(=O)NN1C(=O)CSC1c1ccccc1)NN1C(=O)CSC1c1ccccc1. The third-order valence-electron chi connectivity index (χ3n) is 6.45. The Balaban J connectivity index is 1.06. The molecule has 2 heterocycles. The highest BCUT2D eigenvalue weighted by Crippen LogP contribution is 2.38. The van der Waals surface area contributed by atoms with Crippen molar-refractivity contribution in [1.29, 1.82) is 0 Å². The van der Waals surface area contributed by atoms with Gasteiger partial charge < -0.3 is 0 Å². The molecule has 0 radical (unpaired) electrons. The van der Waals surface area contributed by atoms with Crippen molar-refractivity contribution in [3.05, 3.63) is 71.8 Å². The van der Waals surface area contributed by atoms with Gasteiger partial charge in [-0.05, 0) is 24.0 Å². The van der Waals surface area contributed by atoms with Crippen molar-refractivity contribution < 1.29 is 19.2 Å². The summed E-state index contributed by atoms with van der Waals surface area (Å²) in [6.07, 6.45) is 6.08. The molecule has 0 aliphatic carbocycles. The maximum Gasteiger partial charge on any atom is 0.252 e. The minimum atomic E-state index is -0.184. The third-order valence-corrected chi connectivity index (χ3v) is 8.88. The number of nitrogens with zero attached hydrogens (tertiary/aromatic N) is 2. The van der Waals surface area contributed by atoms with E-state index < -0.39 is 0 Å². The van der Waals surface area contributed by atoms with E-state index in [-0.39, 0.29) is 34.4 Å². The van der Waals surface area contributed by atoms with Crippen molar-refractivity contribution in [2.45, 2.75) is 62.1 Å². The maximum atomic E-state index is 12.4. The molecule has 202 valence electrons. The van der Waals surface area contributed by atoms with Crippen LogP contribution in [0.2, 0.25) is 0 Å². The van der Waals surface area contributed by atoms with Gasteiger partial charge in [-0.3, -0.25) is 30.0 Å². The van der Waals surface area contributed by atoms with Crippen LogP contribution < -0.4 is 10.9 Å². The van der Waals surface area contributed by atoms with Gasteiger partial charge in [0, 0.05) is 12.8 Å². The minimum Gasteiger partial charge on any atom is -0.273 e. The molecule has 2 aliphatic rings. The van der Waals surface area contributed by atoms with E-state index in [0.29, 0.717) is 24.3 Å². The van der Waals surface area contributed by atoms with Gasteiger partial charge in [-0.25, -0.2) is 10.0 Å². The van der Waals surface area contributed by atoms with E-state index in [1.807, 2.05) is 60.7 Å². The highest BCUT2D eigenvalue weighted by molar-refractivity contribution is 8.00. The van der Waals surface area contributed by atoms with Gasteiger partial charge in [-0.15, -0.1) is 23.5 Å². The second-order valence-corrected chi connectivity index (χ2v) is 11.5. The standard InChI is InChI=1S/C28H34N4O4S2/c33-23(29-31-25(35)19-37-27(31)21-13-7-5-8-14-21)17-11-3-1-2-4-12-18-24(34)30-32-26(36)20-38-28(32)22-15-9-6-10-16-22/h5-10,13-16,27-28H,1-4,11-12,17-20H2,(H,29,33)(H,30,34). The normalized spacial score (nSPS) is 19.2. The van der Waals surface area contributed by atoms with Gasteiger partial charge in [0.1, 0.15) is 10.7 Å². The lowest BCUT2D eigenvalue weighted by Crippen LogP contribution is -2.44. The van der Waals surface area contributed by atoms with E-state index in [0.717, 1.165) is 49.7 Å². The van der Waals surface area contributed by atoms with Crippen LogP contribution in [0.3, 0.4) is 0 Å². The highest BCUT2D eigenvalue weighted by atomic mass is 32.2. The van der Waals surface area contributed by atoms with E-state index >= 15 is 0 Å². The van der Waals surface area contributed by atoms with Crippen molar-refractivity contribution >= 4 is 47.2 Å². The molecule has 2 aliphatic heterocycles. The zero-order valence-electron chi connectivity index (χ0n) is 21.3. The molecular weight excluding hydrogens is 520 g/mol. The number of rotatable bonds is 13. The minimum absolute atomic E-state index is 0.0790. The van der Waals surface area contributed by atoms with E-state index in [1.165, 1.54) is 33.5 Å². The van der Waals surface area contributed by atoms with Crippen molar-refractivity contribution in [2.24, 2.45) is 0 Å². The summed E-state index contributed by atoms with van der Waals surface area (Å²) in [7, 11) is 0. The van der Waals surface area contributed by atoms with Gasteiger partial charge in [0.05, 0.1) is 11.5 Å². The molecule has 4 rings (SSSR count). The molecule has 2 fully saturated rings. The summed E-state index contributed by atoms with van der Waals surface area (Å²) in [5, 5.41) is 2.56. The molecule has 0 aromatic heterocycles. The van der Waals surface area contributed by atoms with E-state index in [4.69, 9.17) is 0 Å². The lowest BCUT2D eigenvalue weighted by molar-refractivity contribution is -0.139. The number of nitrogens with one attached hydrogen (secondary N) is 2. The first-order valence-electron chi connectivity index (χ1n) is 13.1. The van der Waals surface area contributed by atoms with E-state index in [1.54, 1.807) is 0 Å². The molecule has 38 heavy (non-hydrogen) atoms. The number of carbonyl (C=O) groups is 4. The number of benzene rings is 2. The van der Waals surface area contributed by atoms with E-state index in [9.17, 15) is 19.2 Å². The molecule has 2 aromatic carbocycles. The summed E-state index contributed by atoms with van der Waals surface area (Å²) < 4.78 is 0. The van der Waals surface area contributed by atoms with Gasteiger partial charge in [-0.1, -0.05) is 86.3 Å². The molecule has 2 aromatic rings. The topological polar surface area (TPSA) is 98.8 Å².